The molecule has 1 rings (SSSR count). The molecule has 0 spiro atoms. The summed E-state index contributed by atoms with van der Waals surface area (Å²) in [7, 11) is -3.52. The number of aryl methyl sites for hydroxylation is 1. The smallest absolute Gasteiger partial charge is 0.257 e. The molecule has 0 fully saturated rings. The van der Waals surface area contributed by atoms with Crippen LogP contribution >= 0.6 is 0 Å². The highest BCUT2D eigenvalue weighted by Gasteiger charge is 2.16. The average Bonchev–Trinajstić information content (AvgIpc) is 2.65. The van der Waals surface area contributed by atoms with Crippen molar-refractivity contribution in [3.05, 3.63) is 12.0 Å². The van der Waals surface area contributed by atoms with Gasteiger partial charge in [0.15, 0.2) is 5.03 Å². The molecule has 0 amide bonds. The summed E-state index contributed by atoms with van der Waals surface area (Å²) < 4.78 is 25.7. The molecule has 0 aliphatic rings. The Bertz CT molecular complexity index is 425. The van der Waals surface area contributed by atoms with Crippen LogP contribution in [-0.4, -0.2) is 36.1 Å². The van der Waals surface area contributed by atoms with Crippen molar-refractivity contribution in [3.63, 3.8) is 0 Å². The number of sulfonamides is 1. The van der Waals surface area contributed by atoms with Crippen LogP contribution in [0.15, 0.2) is 11.2 Å². The molecule has 16 heavy (non-hydrogen) atoms. The molecule has 1 unspecified atom stereocenters. The SMILES string of the molecule is CCc1ncc(S(=O)(=O)NCCC(C)O)[nH]1. The number of nitrogens with zero attached hydrogens (tertiary/aromatic N) is 1. The Kier molecular flexibility index (Phi) is 4.45. The van der Waals surface area contributed by atoms with Crippen LogP contribution in [0.3, 0.4) is 0 Å². The molecule has 1 aromatic heterocycles. The molecule has 92 valence electrons. The molecule has 0 aliphatic carbocycles. The lowest BCUT2D eigenvalue weighted by Crippen LogP contribution is -2.27. The maximum absolute atomic E-state index is 11.7. The number of aromatic amines is 1. The number of aromatic nitrogens is 2. The zero-order valence-electron chi connectivity index (χ0n) is 9.40. The quantitative estimate of drug-likeness (QED) is 0.660. The summed E-state index contributed by atoms with van der Waals surface area (Å²) >= 11 is 0. The van der Waals surface area contributed by atoms with Crippen molar-refractivity contribution in [1.29, 1.82) is 0 Å². The van der Waals surface area contributed by atoms with Crippen molar-refractivity contribution in [3.8, 4) is 0 Å². The summed E-state index contributed by atoms with van der Waals surface area (Å²) in [5, 5.41) is 9.07. The lowest BCUT2D eigenvalue weighted by atomic mass is 10.3. The maximum atomic E-state index is 11.7. The van der Waals surface area contributed by atoms with Crippen LogP contribution < -0.4 is 4.72 Å². The van der Waals surface area contributed by atoms with Crippen molar-refractivity contribution in [1.82, 2.24) is 14.7 Å². The lowest BCUT2D eigenvalue weighted by Gasteiger charge is -2.05. The van der Waals surface area contributed by atoms with E-state index in [9.17, 15) is 8.42 Å². The van der Waals surface area contributed by atoms with Gasteiger partial charge in [0.2, 0.25) is 0 Å². The van der Waals surface area contributed by atoms with Gasteiger partial charge in [-0.1, -0.05) is 6.92 Å². The standard InChI is InChI=1S/C9H17N3O3S/c1-3-8-10-6-9(12-8)16(14,15)11-5-4-7(2)13/h6-7,11,13H,3-5H2,1-2H3,(H,10,12). The predicted molar refractivity (Wildman–Crippen MR) is 59.5 cm³/mol. The Morgan fingerprint density at radius 2 is 2.31 bits per heavy atom. The van der Waals surface area contributed by atoms with Gasteiger partial charge in [-0.3, -0.25) is 0 Å². The van der Waals surface area contributed by atoms with E-state index < -0.39 is 16.1 Å². The summed E-state index contributed by atoms with van der Waals surface area (Å²) in [5.41, 5.74) is 0. The number of hydrogen-bond donors (Lipinski definition) is 3. The number of aliphatic hydroxyl groups is 1. The first-order chi connectivity index (χ1) is 7.45. The minimum Gasteiger partial charge on any atom is -0.393 e. The second-order valence-corrected chi connectivity index (χ2v) is 5.32. The number of hydrogen-bond acceptors (Lipinski definition) is 4. The van der Waals surface area contributed by atoms with Gasteiger partial charge in [-0.15, -0.1) is 0 Å². The van der Waals surface area contributed by atoms with Gasteiger partial charge in [0.05, 0.1) is 12.3 Å². The number of imidazole rings is 1. The zero-order valence-corrected chi connectivity index (χ0v) is 10.2. The fourth-order valence-electron chi connectivity index (χ4n) is 1.14. The Balaban J connectivity index is 2.63. The summed E-state index contributed by atoms with van der Waals surface area (Å²) in [6.45, 7) is 3.70. The first-order valence-electron chi connectivity index (χ1n) is 5.17. The highest BCUT2D eigenvalue weighted by Crippen LogP contribution is 2.05. The van der Waals surface area contributed by atoms with E-state index in [2.05, 4.69) is 14.7 Å². The molecular weight excluding hydrogens is 230 g/mol. The highest BCUT2D eigenvalue weighted by atomic mass is 32.2. The van der Waals surface area contributed by atoms with Crippen LogP contribution in [-0.2, 0) is 16.4 Å². The van der Waals surface area contributed by atoms with Gasteiger partial charge in [0.25, 0.3) is 10.0 Å². The Morgan fingerprint density at radius 3 is 2.81 bits per heavy atom. The minimum atomic E-state index is -3.52. The normalized spacial score (nSPS) is 13.9. The Labute approximate surface area is 95.2 Å². The lowest BCUT2D eigenvalue weighted by molar-refractivity contribution is 0.186. The fraction of sp³-hybridized carbons (Fsp3) is 0.667. The van der Waals surface area contributed by atoms with Gasteiger partial charge >= 0.3 is 0 Å². The van der Waals surface area contributed by atoms with Crippen LogP contribution in [0.1, 0.15) is 26.1 Å². The third-order valence-electron chi connectivity index (χ3n) is 2.08. The van der Waals surface area contributed by atoms with Crippen LogP contribution in [0.4, 0.5) is 0 Å². The van der Waals surface area contributed by atoms with E-state index in [0.717, 1.165) is 0 Å². The number of H-pyrrole nitrogens is 1. The van der Waals surface area contributed by atoms with Gasteiger partial charge < -0.3 is 10.1 Å². The van der Waals surface area contributed by atoms with Crippen molar-refractivity contribution < 1.29 is 13.5 Å². The van der Waals surface area contributed by atoms with Crippen molar-refractivity contribution in [2.75, 3.05) is 6.54 Å². The molecule has 0 aliphatic heterocycles. The molecule has 6 nitrogen and oxygen atoms in total. The van der Waals surface area contributed by atoms with Crippen molar-refractivity contribution in [2.24, 2.45) is 0 Å². The zero-order chi connectivity index (χ0) is 12.2. The number of aliphatic hydroxyl groups excluding tert-OH is 1. The van der Waals surface area contributed by atoms with E-state index in [-0.39, 0.29) is 11.6 Å². The average molecular weight is 247 g/mol. The molecule has 0 bridgehead atoms. The summed E-state index contributed by atoms with van der Waals surface area (Å²) in [5.74, 6) is 0.635. The second-order valence-electron chi connectivity index (χ2n) is 3.58. The fourth-order valence-corrected chi connectivity index (χ4v) is 2.13. The Hall–Kier alpha value is -0.920. The van der Waals surface area contributed by atoms with Gasteiger partial charge in [-0.05, 0) is 13.3 Å². The van der Waals surface area contributed by atoms with Gasteiger partial charge in [0.1, 0.15) is 5.82 Å². The largest absolute Gasteiger partial charge is 0.393 e. The summed E-state index contributed by atoms with van der Waals surface area (Å²) in [6.07, 6.45) is 1.82. The van der Waals surface area contributed by atoms with Crippen molar-refractivity contribution in [2.45, 2.75) is 37.8 Å². The molecule has 0 saturated heterocycles. The van der Waals surface area contributed by atoms with Crippen LogP contribution in [0, 0.1) is 0 Å². The van der Waals surface area contributed by atoms with Crippen molar-refractivity contribution >= 4 is 10.0 Å². The van der Waals surface area contributed by atoms with E-state index in [4.69, 9.17) is 5.11 Å². The summed E-state index contributed by atoms with van der Waals surface area (Å²) in [6, 6.07) is 0. The molecule has 7 heteroatoms. The predicted octanol–water partition coefficient (Wildman–Crippen LogP) is 0.0213. The van der Waals surface area contributed by atoms with Gasteiger partial charge in [-0.25, -0.2) is 18.1 Å². The minimum absolute atomic E-state index is 0.0648. The molecular formula is C9H17N3O3S. The van der Waals surface area contributed by atoms with E-state index in [1.807, 2.05) is 6.92 Å². The Morgan fingerprint density at radius 1 is 1.62 bits per heavy atom. The van der Waals surface area contributed by atoms with E-state index in [0.29, 0.717) is 18.7 Å². The number of rotatable bonds is 6. The topological polar surface area (TPSA) is 95.1 Å². The third-order valence-corrected chi connectivity index (χ3v) is 3.45. The summed E-state index contributed by atoms with van der Waals surface area (Å²) in [4.78, 5) is 6.64. The third kappa shape index (κ3) is 3.58. The molecule has 3 N–H and O–H groups in total. The van der Waals surface area contributed by atoms with E-state index >= 15 is 0 Å². The maximum Gasteiger partial charge on any atom is 0.257 e. The van der Waals surface area contributed by atoms with Crippen LogP contribution in [0.5, 0.6) is 0 Å². The molecule has 0 saturated carbocycles. The number of nitrogens with one attached hydrogen (secondary N) is 2. The van der Waals surface area contributed by atoms with Gasteiger partial charge in [-0.2, -0.15) is 0 Å². The van der Waals surface area contributed by atoms with Crippen LogP contribution in [0.2, 0.25) is 0 Å². The first kappa shape index (κ1) is 13.1. The molecule has 1 heterocycles. The first-order valence-corrected chi connectivity index (χ1v) is 6.65. The van der Waals surface area contributed by atoms with Crippen LogP contribution in [0.25, 0.3) is 0 Å². The van der Waals surface area contributed by atoms with E-state index in [1.165, 1.54) is 6.20 Å². The van der Waals surface area contributed by atoms with E-state index in [1.54, 1.807) is 6.92 Å². The van der Waals surface area contributed by atoms with Gasteiger partial charge in [0, 0.05) is 13.0 Å². The second kappa shape index (κ2) is 5.42. The molecule has 0 radical (unpaired) electrons. The highest BCUT2D eigenvalue weighted by molar-refractivity contribution is 7.89. The molecule has 1 aromatic rings. The molecule has 0 aromatic carbocycles. The molecule has 1 atom stereocenters. The monoisotopic (exact) mass is 247 g/mol.